The SMILES string of the molecule is COC1CCN(C(=O)N2CCCC2)C(CN)C1. The standard InChI is InChI=1S/C12H23N3O2/c1-17-11-4-7-15(10(8-11)9-13)12(16)14-5-2-3-6-14/h10-11H,2-9,13H2,1H3. The molecular formula is C12H23N3O2. The quantitative estimate of drug-likeness (QED) is 0.772. The average molecular weight is 241 g/mol. The van der Waals surface area contributed by atoms with Gasteiger partial charge in [-0.15, -0.1) is 0 Å². The van der Waals surface area contributed by atoms with Crippen LogP contribution in [0.1, 0.15) is 25.7 Å². The molecule has 2 heterocycles. The molecule has 2 atom stereocenters. The molecule has 0 aliphatic carbocycles. The number of carbonyl (C=O) groups is 1. The van der Waals surface area contributed by atoms with Gasteiger partial charge in [-0.1, -0.05) is 0 Å². The topological polar surface area (TPSA) is 58.8 Å². The lowest BCUT2D eigenvalue weighted by Gasteiger charge is -2.40. The summed E-state index contributed by atoms with van der Waals surface area (Å²) in [4.78, 5) is 16.2. The Hall–Kier alpha value is -0.810. The van der Waals surface area contributed by atoms with E-state index in [0.717, 1.165) is 45.3 Å². The number of hydrogen-bond acceptors (Lipinski definition) is 3. The normalized spacial score (nSPS) is 29.8. The molecule has 2 fully saturated rings. The summed E-state index contributed by atoms with van der Waals surface area (Å²) in [6.45, 7) is 3.11. The summed E-state index contributed by atoms with van der Waals surface area (Å²) in [6, 6.07) is 0.314. The Bertz CT molecular complexity index is 266. The number of likely N-dealkylation sites (tertiary alicyclic amines) is 2. The van der Waals surface area contributed by atoms with Crippen LogP contribution < -0.4 is 5.73 Å². The Balaban J connectivity index is 1.96. The fourth-order valence-electron chi connectivity index (χ4n) is 2.79. The number of piperidine rings is 1. The number of nitrogens with zero attached hydrogens (tertiary/aromatic N) is 2. The van der Waals surface area contributed by atoms with Crippen LogP contribution in [0, 0.1) is 0 Å². The predicted molar refractivity (Wildman–Crippen MR) is 65.8 cm³/mol. The second-order valence-corrected chi connectivity index (χ2v) is 4.94. The maximum Gasteiger partial charge on any atom is 0.320 e. The van der Waals surface area contributed by atoms with Gasteiger partial charge >= 0.3 is 6.03 Å². The predicted octanol–water partition coefficient (Wildman–Crippen LogP) is 0.640. The summed E-state index contributed by atoms with van der Waals surface area (Å²) in [7, 11) is 1.73. The van der Waals surface area contributed by atoms with Crippen molar-refractivity contribution in [2.75, 3.05) is 33.3 Å². The van der Waals surface area contributed by atoms with Gasteiger partial charge < -0.3 is 20.3 Å². The molecule has 5 heteroatoms. The van der Waals surface area contributed by atoms with Crippen LogP contribution in [0.3, 0.4) is 0 Å². The summed E-state index contributed by atoms with van der Waals surface area (Å²) in [5, 5.41) is 0. The average Bonchev–Trinajstić information content (AvgIpc) is 2.91. The highest BCUT2D eigenvalue weighted by Gasteiger charge is 2.33. The van der Waals surface area contributed by atoms with E-state index in [1.54, 1.807) is 7.11 Å². The minimum Gasteiger partial charge on any atom is -0.381 e. The van der Waals surface area contributed by atoms with Crippen molar-refractivity contribution in [3.63, 3.8) is 0 Å². The van der Waals surface area contributed by atoms with E-state index in [1.807, 2.05) is 9.80 Å². The molecule has 0 aromatic heterocycles. The van der Waals surface area contributed by atoms with Crippen LogP contribution in [0.5, 0.6) is 0 Å². The zero-order valence-corrected chi connectivity index (χ0v) is 10.6. The van der Waals surface area contributed by atoms with Gasteiger partial charge in [0, 0.05) is 39.3 Å². The highest BCUT2D eigenvalue weighted by Crippen LogP contribution is 2.22. The van der Waals surface area contributed by atoms with E-state index < -0.39 is 0 Å². The first-order valence-corrected chi connectivity index (χ1v) is 6.54. The van der Waals surface area contributed by atoms with Gasteiger partial charge in [0.05, 0.1) is 6.10 Å². The monoisotopic (exact) mass is 241 g/mol. The van der Waals surface area contributed by atoms with Crippen LogP contribution >= 0.6 is 0 Å². The first-order valence-electron chi connectivity index (χ1n) is 6.54. The summed E-state index contributed by atoms with van der Waals surface area (Å²) >= 11 is 0. The maximum atomic E-state index is 12.3. The minimum absolute atomic E-state index is 0.141. The van der Waals surface area contributed by atoms with E-state index in [-0.39, 0.29) is 18.2 Å². The lowest BCUT2D eigenvalue weighted by Crippen LogP contribution is -2.54. The minimum atomic E-state index is 0.141. The molecule has 0 spiro atoms. The van der Waals surface area contributed by atoms with Crippen LogP contribution in [0.4, 0.5) is 4.79 Å². The first-order chi connectivity index (χ1) is 8.26. The van der Waals surface area contributed by atoms with E-state index >= 15 is 0 Å². The Kier molecular flexibility index (Phi) is 4.23. The molecule has 0 aromatic rings. The summed E-state index contributed by atoms with van der Waals surface area (Å²) in [6.07, 6.45) is 4.31. The molecule has 2 amide bonds. The third-order valence-corrected chi connectivity index (χ3v) is 3.90. The highest BCUT2D eigenvalue weighted by atomic mass is 16.5. The number of hydrogen-bond donors (Lipinski definition) is 1. The van der Waals surface area contributed by atoms with Crippen molar-refractivity contribution >= 4 is 6.03 Å². The number of urea groups is 1. The van der Waals surface area contributed by atoms with Gasteiger partial charge in [-0.25, -0.2) is 4.79 Å². The van der Waals surface area contributed by atoms with Crippen LogP contribution in [0.25, 0.3) is 0 Å². The maximum absolute atomic E-state index is 12.3. The molecule has 17 heavy (non-hydrogen) atoms. The van der Waals surface area contributed by atoms with Gasteiger partial charge in [0.25, 0.3) is 0 Å². The number of amides is 2. The second kappa shape index (κ2) is 5.69. The molecule has 0 aromatic carbocycles. The third kappa shape index (κ3) is 2.72. The molecule has 2 saturated heterocycles. The van der Waals surface area contributed by atoms with Crippen molar-refractivity contribution in [2.45, 2.75) is 37.8 Å². The van der Waals surface area contributed by atoms with Crippen LogP contribution in [-0.4, -0.2) is 61.3 Å². The number of nitrogens with two attached hydrogens (primary N) is 1. The number of carbonyl (C=O) groups excluding carboxylic acids is 1. The highest BCUT2D eigenvalue weighted by molar-refractivity contribution is 5.75. The van der Waals surface area contributed by atoms with Gasteiger partial charge in [-0.2, -0.15) is 0 Å². The van der Waals surface area contributed by atoms with Crippen LogP contribution in [0.15, 0.2) is 0 Å². The van der Waals surface area contributed by atoms with Crippen molar-refractivity contribution in [2.24, 2.45) is 5.73 Å². The Morgan fingerprint density at radius 3 is 2.65 bits per heavy atom. The van der Waals surface area contributed by atoms with E-state index in [9.17, 15) is 4.79 Å². The van der Waals surface area contributed by atoms with Gasteiger partial charge in [0.2, 0.25) is 0 Å². The summed E-state index contributed by atoms with van der Waals surface area (Å²) < 4.78 is 5.37. The number of methoxy groups -OCH3 is 1. The van der Waals surface area contributed by atoms with E-state index in [0.29, 0.717) is 6.54 Å². The van der Waals surface area contributed by atoms with Crippen molar-refractivity contribution < 1.29 is 9.53 Å². The molecule has 0 saturated carbocycles. The second-order valence-electron chi connectivity index (χ2n) is 4.94. The van der Waals surface area contributed by atoms with Crippen molar-refractivity contribution in [3.05, 3.63) is 0 Å². The molecular weight excluding hydrogens is 218 g/mol. The van der Waals surface area contributed by atoms with E-state index in [1.165, 1.54) is 0 Å². The van der Waals surface area contributed by atoms with Crippen LogP contribution in [0.2, 0.25) is 0 Å². The zero-order valence-electron chi connectivity index (χ0n) is 10.6. The van der Waals surface area contributed by atoms with E-state index in [4.69, 9.17) is 10.5 Å². The molecule has 2 rings (SSSR count). The van der Waals surface area contributed by atoms with Gasteiger partial charge in [-0.05, 0) is 25.7 Å². The van der Waals surface area contributed by atoms with Gasteiger partial charge in [0.15, 0.2) is 0 Å². The van der Waals surface area contributed by atoms with Crippen LogP contribution in [-0.2, 0) is 4.74 Å². The van der Waals surface area contributed by atoms with Crippen molar-refractivity contribution in [1.82, 2.24) is 9.80 Å². The molecule has 0 radical (unpaired) electrons. The Labute approximate surface area is 103 Å². The summed E-state index contributed by atoms with van der Waals surface area (Å²) in [5.41, 5.74) is 5.78. The molecule has 5 nitrogen and oxygen atoms in total. The zero-order chi connectivity index (χ0) is 12.3. The first kappa shape index (κ1) is 12.6. The Morgan fingerprint density at radius 2 is 2.06 bits per heavy atom. The molecule has 0 bridgehead atoms. The molecule has 2 unspecified atom stereocenters. The van der Waals surface area contributed by atoms with Crippen molar-refractivity contribution in [3.8, 4) is 0 Å². The van der Waals surface area contributed by atoms with E-state index in [2.05, 4.69) is 0 Å². The van der Waals surface area contributed by atoms with Gasteiger partial charge in [0.1, 0.15) is 0 Å². The summed E-state index contributed by atoms with van der Waals surface area (Å²) in [5.74, 6) is 0. The van der Waals surface area contributed by atoms with Gasteiger partial charge in [-0.3, -0.25) is 0 Å². The molecule has 2 aliphatic heterocycles. The Morgan fingerprint density at radius 1 is 1.35 bits per heavy atom. The largest absolute Gasteiger partial charge is 0.381 e. The molecule has 2 aliphatic rings. The lowest BCUT2D eigenvalue weighted by molar-refractivity contribution is 0.0216. The lowest BCUT2D eigenvalue weighted by atomic mass is 10.00. The number of ether oxygens (including phenoxy) is 1. The molecule has 2 N–H and O–H groups in total. The fraction of sp³-hybridized carbons (Fsp3) is 0.917. The third-order valence-electron chi connectivity index (χ3n) is 3.90. The smallest absolute Gasteiger partial charge is 0.320 e. The fourth-order valence-corrected chi connectivity index (χ4v) is 2.79. The number of rotatable bonds is 2. The van der Waals surface area contributed by atoms with Crippen molar-refractivity contribution in [1.29, 1.82) is 0 Å². The molecule has 98 valence electrons.